The molecule has 3 rings (SSSR count). The van der Waals surface area contributed by atoms with Gasteiger partial charge in [-0.3, -0.25) is 14.4 Å². The van der Waals surface area contributed by atoms with Crippen molar-refractivity contribution in [2.75, 3.05) is 7.11 Å². The third kappa shape index (κ3) is 7.95. The largest absolute Gasteiger partial charge is 0.469 e. The molecule has 0 fully saturated rings. The van der Waals surface area contributed by atoms with Gasteiger partial charge in [-0.1, -0.05) is 86.6 Å². The molecule has 0 saturated heterocycles. The highest BCUT2D eigenvalue weighted by molar-refractivity contribution is 5.90. The van der Waals surface area contributed by atoms with Gasteiger partial charge in [-0.15, -0.1) is 0 Å². The number of hydrogen-bond donors (Lipinski definition) is 2. The van der Waals surface area contributed by atoms with E-state index in [1.807, 2.05) is 86.6 Å². The zero-order valence-corrected chi connectivity index (χ0v) is 20.6. The summed E-state index contributed by atoms with van der Waals surface area (Å²) in [5.41, 5.74) is 1.91. The van der Waals surface area contributed by atoms with E-state index in [4.69, 9.17) is 4.74 Å². The van der Waals surface area contributed by atoms with Crippen LogP contribution in [0.2, 0.25) is 0 Å². The van der Waals surface area contributed by atoms with Crippen LogP contribution in [0.5, 0.6) is 0 Å². The van der Waals surface area contributed by atoms with Gasteiger partial charge in [-0.2, -0.15) is 0 Å². The Balaban J connectivity index is 1.79. The van der Waals surface area contributed by atoms with Gasteiger partial charge in [0.2, 0.25) is 11.8 Å². The van der Waals surface area contributed by atoms with Crippen LogP contribution in [0.4, 0.5) is 0 Å². The average molecular weight is 475 g/mol. The second kappa shape index (κ2) is 12.7. The fraction of sp³-hybridized carbons (Fsp3) is 0.345. The molecule has 184 valence electrons. The zero-order chi connectivity index (χ0) is 25.2. The fourth-order valence-corrected chi connectivity index (χ4v) is 4.15. The van der Waals surface area contributed by atoms with Gasteiger partial charge in [-0.05, 0) is 34.2 Å². The van der Waals surface area contributed by atoms with Gasteiger partial charge in [0.25, 0.3) is 0 Å². The molecule has 0 aliphatic heterocycles. The van der Waals surface area contributed by atoms with Gasteiger partial charge in [0.1, 0.15) is 6.04 Å². The molecule has 0 bridgehead atoms. The number of amides is 2. The quantitative estimate of drug-likeness (QED) is 0.403. The molecule has 0 aliphatic carbocycles. The summed E-state index contributed by atoms with van der Waals surface area (Å²) in [7, 11) is 1.31. The van der Waals surface area contributed by atoms with Crippen LogP contribution in [0, 0.1) is 11.8 Å². The van der Waals surface area contributed by atoms with E-state index in [-0.39, 0.29) is 24.2 Å². The molecule has 0 unspecified atom stereocenters. The average Bonchev–Trinajstić information content (AvgIpc) is 2.86. The van der Waals surface area contributed by atoms with Crippen LogP contribution in [-0.4, -0.2) is 30.9 Å². The van der Waals surface area contributed by atoms with Crippen molar-refractivity contribution in [3.8, 4) is 0 Å². The van der Waals surface area contributed by atoms with Crippen LogP contribution in [0.25, 0.3) is 10.8 Å². The van der Waals surface area contributed by atoms with Gasteiger partial charge in [0.15, 0.2) is 0 Å². The van der Waals surface area contributed by atoms with Gasteiger partial charge >= 0.3 is 5.97 Å². The minimum absolute atomic E-state index is 0.0190. The lowest BCUT2D eigenvalue weighted by Crippen LogP contribution is -2.49. The van der Waals surface area contributed by atoms with Gasteiger partial charge < -0.3 is 15.4 Å². The molecule has 2 N–H and O–H groups in total. The first-order chi connectivity index (χ1) is 16.9. The summed E-state index contributed by atoms with van der Waals surface area (Å²) in [5.74, 6) is -1.38. The smallest absolute Gasteiger partial charge is 0.306 e. The van der Waals surface area contributed by atoms with Crippen molar-refractivity contribution in [3.63, 3.8) is 0 Å². The first-order valence-electron chi connectivity index (χ1n) is 12.0. The van der Waals surface area contributed by atoms with Crippen LogP contribution in [-0.2, 0) is 32.1 Å². The molecule has 0 aromatic heterocycles. The maximum Gasteiger partial charge on any atom is 0.306 e. The first-order valence-corrected chi connectivity index (χ1v) is 12.0. The van der Waals surface area contributed by atoms with Crippen molar-refractivity contribution in [1.29, 1.82) is 0 Å². The molecule has 35 heavy (non-hydrogen) atoms. The number of nitrogens with one attached hydrogen (secondary N) is 2. The first kappa shape index (κ1) is 25.9. The third-order valence-corrected chi connectivity index (χ3v) is 5.96. The van der Waals surface area contributed by atoms with E-state index in [1.54, 1.807) is 0 Å². The summed E-state index contributed by atoms with van der Waals surface area (Å²) in [5, 5.41) is 8.06. The van der Waals surface area contributed by atoms with Crippen molar-refractivity contribution in [1.82, 2.24) is 10.6 Å². The predicted molar refractivity (Wildman–Crippen MR) is 137 cm³/mol. The maximum absolute atomic E-state index is 13.2. The molecule has 6 nitrogen and oxygen atoms in total. The van der Waals surface area contributed by atoms with E-state index in [2.05, 4.69) is 10.6 Å². The Hall–Kier alpha value is -3.67. The summed E-state index contributed by atoms with van der Waals surface area (Å²) in [6.45, 7) is 4.36. The van der Waals surface area contributed by atoms with Crippen LogP contribution in [0.1, 0.15) is 37.8 Å². The molecule has 3 aromatic rings. The number of carbonyl (C=O) groups is 3. The minimum Gasteiger partial charge on any atom is -0.469 e. The molecule has 0 spiro atoms. The Labute approximate surface area is 207 Å². The lowest BCUT2D eigenvalue weighted by Gasteiger charge is -2.23. The van der Waals surface area contributed by atoms with Crippen molar-refractivity contribution < 1.29 is 19.1 Å². The van der Waals surface area contributed by atoms with Crippen LogP contribution in [0.3, 0.4) is 0 Å². The Bertz CT molecular complexity index is 1140. The predicted octanol–water partition coefficient (Wildman–Crippen LogP) is 4.41. The topological polar surface area (TPSA) is 84.5 Å². The monoisotopic (exact) mass is 474 g/mol. The minimum atomic E-state index is -0.778. The lowest BCUT2D eigenvalue weighted by molar-refractivity contribution is -0.144. The molecular weight excluding hydrogens is 440 g/mol. The molecule has 2 amide bonds. The summed E-state index contributed by atoms with van der Waals surface area (Å²) in [4.78, 5) is 38.4. The van der Waals surface area contributed by atoms with E-state index >= 15 is 0 Å². The van der Waals surface area contributed by atoms with Gasteiger partial charge in [0, 0.05) is 18.9 Å². The number of benzene rings is 3. The Kier molecular flexibility index (Phi) is 9.41. The SMILES string of the molecule is COC(=O)C[C@@H](CC(C)C)C(=O)N[C@@H](Cc1ccc2ccccc2c1)C(=O)NCc1ccccc1. The Morgan fingerprint density at radius 1 is 0.829 bits per heavy atom. The number of fused-ring (bicyclic) bond motifs is 1. The van der Waals surface area contributed by atoms with Crippen molar-refractivity contribution in [2.45, 2.75) is 45.7 Å². The number of esters is 1. The lowest BCUT2D eigenvalue weighted by atomic mass is 9.92. The molecule has 0 aliphatic rings. The van der Waals surface area contributed by atoms with E-state index in [9.17, 15) is 14.4 Å². The van der Waals surface area contributed by atoms with Crippen LogP contribution in [0.15, 0.2) is 72.8 Å². The fourth-order valence-electron chi connectivity index (χ4n) is 4.15. The summed E-state index contributed by atoms with van der Waals surface area (Å²) < 4.78 is 4.79. The normalized spacial score (nSPS) is 12.7. The number of ether oxygens (including phenoxy) is 1. The molecular formula is C29H34N2O4. The molecule has 0 heterocycles. The highest BCUT2D eigenvalue weighted by Crippen LogP contribution is 2.19. The summed E-state index contributed by atoms with van der Waals surface area (Å²) in [6, 6.07) is 22.9. The molecule has 2 atom stereocenters. The third-order valence-electron chi connectivity index (χ3n) is 5.96. The number of hydrogen-bond acceptors (Lipinski definition) is 4. The molecule has 6 heteroatoms. The second-order valence-corrected chi connectivity index (χ2v) is 9.26. The standard InChI is InChI=1S/C29H34N2O4/c1-20(2)15-25(18-27(32)35-3)28(33)31-26(29(34)30-19-21-9-5-4-6-10-21)17-22-13-14-23-11-7-8-12-24(23)16-22/h4-14,16,20,25-26H,15,17-19H2,1-3H3,(H,30,34)(H,31,33)/t25-,26+/m1/s1. The zero-order valence-electron chi connectivity index (χ0n) is 20.6. The molecule has 0 saturated carbocycles. The van der Waals surface area contributed by atoms with E-state index in [1.165, 1.54) is 7.11 Å². The van der Waals surface area contributed by atoms with Crippen molar-refractivity contribution >= 4 is 28.6 Å². The molecule has 0 radical (unpaired) electrons. The number of carbonyl (C=O) groups excluding carboxylic acids is 3. The van der Waals surface area contributed by atoms with Crippen molar-refractivity contribution in [3.05, 3.63) is 83.9 Å². The second-order valence-electron chi connectivity index (χ2n) is 9.26. The molecule has 3 aromatic carbocycles. The number of methoxy groups -OCH3 is 1. The summed E-state index contributed by atoms with van der Waals surface area (Å²) in [6.07, 6.45) is 0.841. The van der Waals surface area contributed by atoms with Gasteiger partial charge in [-0.25, -0.2) is 0 Å². The van der Waals surface area contributed by atoms with Crippen molar-refractivity contribution in [2.24, 2.45) is 11.8 Å². The maximum atomic E-state index is 13.2. The Morgan fingerprint density at radius 2 is 1.51 bits per heavy atom. The number of rotatable bonds is 11. The highest BCUT2D eigenvalue weighted by Gasteiger charge is 2.28. The van der Waals surface area contributed by atoms with Crippen LogP contribution >= 0.6 is 0 Å². The Morgan fingerprint density at radius 3 is 2.20 bits per heavy atom. The van der Waals surface area contributed by atoms with Crippen LogP contribution < -0.4 is 10.6 Å². The van der Waals surface area contributed by atoms with E-state index in [0.29, 0.717) is 19.4 Å². The van der Waals surface area contributed by atoms with E-state index < -0.39 is 17.9 Å². The highest BCUT2D eigenvalue weighted by atomic mass is 16.5. The van der Waals surface area contributed by atoms with E-state index in [0.717, 1.165) is 21.9 Å². The van der Waals surface area contributed by atoms with Gasteiger partial charge in [0.05, 0.1) is 13.5 Å². The summed E-state index contributed by atoms with van der Waals surface area (Å²) >= 11 is 0.